The monoisotopic (exact) mass is 179 g/mol. The first-order valence-electron chi connectivity index (χ1n) is 4.21. The maximum Gasteiger partial charge on any atom is 0.271 e. The number of aryl methyl sites for hydroxylation is 1. The normalized spacial score (nSPS) is 10.2. The van der Waals surface area contributed by atoms with Gasteiger partial charge < -0.3 is 5.32 Å². The first-order chi connectivity index (χ1) is 6.09. The summed E-state index contributed by atoms with van der Waals surface area (Å²) in [7, 11) is 0. The van der Waals surface area contributed by atoms with E-state index in [1.807, 2.05) is 20.8 Å². The van der Waals surface area contributed by atoms with E-state index in [4.69, 9.17) is 0 Å². The van der Waals surface area contributed by atoms with Gasteiger partial charge in [-0.3, -0.25) is 4.79 Å². The van der Waals surface area contributed by atoms with Crippen LogP contribution >= 0.6 is 0 Å². The van der Waals surface area contributed by atoms with Crippen LogP contribution in [0.4, 0.5) is 0 Å². The lowest BCUT2D eigenvalue weighted by atomic mass is 10.3. The minimum atomic E-state index is -0.178. The molecule has 70 valence electrons. The van der Waals surface area contributed by atoms with Gasteiger partial charge >= 0.3 is 0 Å². The highest BCUT2D eigenvalue weighted by Crippen LogP contribution is 1.95. The van der Waals surface area contributed by atoms with Gasteiger partial charge in [0.2, 0.25) is 0 Å². The van der Waals surface area contributed by atoms with Crippen LogP contribution in [0.5, 0.6) is 0 Å². The van der Waals surface area contributed by atoms with Crippen LogP contribution in [0.25, 0.3) is 0 Å². The molecule has 0 spiro atoms. The fraction of sp³-hybridized carbons (Fsp3) is 0.444. The second-order valence-electron chi connectivity index (χ2n) is 3.19. The van der Waals surface area contributed by atoms with Crippen LogP contribution in [-0.4, -0.2) is 22.1 Å². The van der Waals surface area contributed by atoms with Crippen LogP contribution < -0.4 is 5.32 Å². The van der Waals surface area contributed by atoms with E-state index < -0.39 is 0 Å². The Hall–Kier alpha value is -1.45. The predicted octanol–water partition coefficient (Wildman–Crippen LogP) is 0.923. The molecule has 0 bridgehead atoms. The molecule has 0 aromatic carbocycles. The molecule has 0 saturated carbocycles. The van der Waals surface area contributed by atoms with E-state index >= 15 is 0 Å². The summed E-state index contributed by atoms with van der Waals surface area (Å²) in [5, 5.41) is 10.3. The third-order valence-electron chi connectivity index (χ3n) is 1.45. The largest absolute Gasteiger partial charge is 0.348 e. The van der Waals surface area contributed by atoms with Gasteiger partial charge in [0.1, 0.15) is 0 Å². The van der Waals surface area contributed by atoms with Gasteiger partial charge in [0.25, 0.3) is 5.91 Å². The topological polar surface area (TPSA) is 54.9 Å². The van der Waals surface area contributed by atoms with Gasteiger partial charge in [-0.05, 0) is 32.9 Å². The van der Waals surface area contributed by atoms with Crippen molar-refractivity contribution >= 4 is 5.91 Å². The summed E-state index contributed by atoms with van der Waals surface area (Å²) in [6.07, 6.45) is 0. The van der Waals surface area contributed by atoms with Crippen molar-refractivity contribution in [3.63, 3.8) is 0 Å². The fourth-order valence-corrected chi connectivity index (χ4v) is 0.856. The van der Waals surface area contributed by atoms with E-state index in [0.29, 0.717) is 5.69 Å². The van der Waals surface area contributed by atoms with Crippen molar-refractivity contribution in [1.29, 1.82) is 0 Å². The Bertz CT molecular complexity index is 292. The molecule has 1 amide bonds. The van der Waals surface area contributed by atoms with E-state index in [9.17, 15) is 4.79 Å². The zero-order valence-electron chi connectivity index (χ0n) is 8.03. The van der Waals surface area contributed by atoms with Gasteiger partial charge in [-0.25, -0.2) is 0 Å². The van der Waals surface area contributed by atoms with E-state index in [2.05, 4.69) is 15.5 Å². The zero-order valence-corrected chi connectivity index (χ0v) is 8.03. The van der Waals surface area contributed by atoms with Gasteiger partial charge in [-0.15, -0.1) is 5.10 Å². The highest BCUT2D eigenvalue weighted by atomic mass is 16.1. The summed E-state index contributed by atoms with van der Waals surface area (Å²) >= 11 is 0. The molecule has 0 aliphatic carbocycles. The number of carbonyl (C=O) groups excluding carboxylic acids is 1. The lowest BCUT2D eigenvalue weighted by Crippen LogP contribution is -2.30. The molecule has 0 aliphatic rings. The van der Waals surface area contributed by atoms with E-state index in [-0.39, 0.29) is 11.9 Å². The Morgan fingerprint density at radius 1 is 1.38 bits per heavy atom. The Labute approximate surface area is 77.4 Å². The molecule has 0 aliphatic heterocycles. The van der Waals surface area contributed by atoms with Crippen LogP contribution in [0.1, 0.15) is 30.0 Å². The number of hydrogen-bond acceptors (Lipinski definition) is 3. The Morgan fingerprint density at radius 2 is 2.08 bits per heavy atom. The average Bonchev–Trinajstić information content (AvgIpc) is 2.04. The van der Waals surface area contributed by atoms with Gasteiger partial charge in [0.05, 0.1) is 5.69 Å². The average molecular weight is 179 g/mol. The quantitative estimate of drug-likeness (QED) is 0.734. The molecule has 1 aromatic rings. The van der Waals surface area contributed by atoms with Crippen LogP contribution in [-0.2, 0) is 0 Å². The molecule has 0 unspecified atom stereocenters. The molecule has 0 fully saturated rings. The van der Waals surface area contributed by atoms with Crippen molar-refractivity contribution in [2.45, 2.75) is 26.8 Å². The van der Waals surface area contributed by atoms with E-state index in [1.54, 1.807) is 12.1 Å². The molecule has 1 aromatic heterocycles. The summed E-state index contributed by atoms with van der Waals surface area (Å²) in [6, 6.07) is 3.55. The van der Waals surface area contributed by atoms with Crippen molar-refractivity contribution in [3.8, 4) is 0 Å². The first-order valence-corrected chi connectivity index (χ1v) is 4.21. The Kier molecular flexibility index (Phi) is 2.95. The molecule has 1 N–H and O–H groups in total. The molecule has 0 saturated heterocycles. The molecule has 4 nitrogen and oxygen atoms in total. The minimum Gasteiger partial charge on any atom is -0.348 e. The van der Waals surface area contributed by atoms with Crippen LogP contribution in [0.3, 0.4) is 0 Å². The molecule has 0 radical (unpaired) electrons. The van der Waals surface area contributed by atoms with Gasteiger partial charge in [0, 0.05) is 6.04 Å². The number of carbonyl (C=O) groups is 1. The molecule has 1 rings (SSSR count). The molecule has 13 heavy (non-hydrogen) atoms. The third-order valence-corrected chi connectivity index (χ3v) is 1.45. The maximum absolute atomic E-state index is 11.4. The third kappa shape index (κ3) is 2.82. The number of nitrogens with one attached hydrogen (secondary N) is 1. The number of amides is 1. The second kappa shape index (κ2) is 3.98. The smallest absolute Gasteiger partial charge is 0.271 e. The van der Waals surface area contributed by atoms with Crippen LogP contribution in [0, 0.1) is 6.92 Å². The molecule has 4 heteroatoms. The first kappa shape index (κ1) is 9.64. The number of aromatic nitrogens is 2. The minimum absolute atomic E-state index is 0.121. The van der Waals surface area contributed by atoms with Gasteiger partial charge in [-0.2, -0.15) is 5.10 Å². The standard InChI is InChI=1S/C9H13N3O/c1-6(2)10-9(13)8-5-4-7(3)11-12-8/h4-6H,1-3H3,(H,10,13). The second-order valence-corrected chi connectivity index (χ2v) is 3.19. The SMILES string of the molecule is Cc1ccc(C(=O)NC(C)C)nn1. The van der Waals surface area contributed by atoms with Crippen molar-refractivity contribution < 1.29 is 4.79 Å². The van der Waals surface area contributed by atoms with E-state index in [0.717, 1.165) is 5.69 Å². The zero-order chi connectivity index (χ0) is 9.84. The highest BCUT2D eigenvalue weighted by molar-refractivity contribution is 5.92. The summed E-state index contributed by atoms with van der Waals surface area (Å²) in [4.78, 5) is 11.4. The van der Waals surface area contributed by atoms with Crippen LogP contribution in [0.2, 0.25) is 0 Å². The fourth-order valence-electron chi connectivity index (χ4n) is 0.856. The number of hydrogen-bond donors (Lipinski definition) is 1. The van der Waals surface area contributed by atoms with Crippen molar-refractivity contribution in [3.05, 3.63) is 23.5 Å². The summed E-state index contributed by atoms with van der Waals surface area (Å²) < 4.78 is 0. The molecule has 1 heterocycles. The van der Waals surface area contributed by atoms with Gasteiger partial charge in [0.15, 0.2) is 5.69 Å². The summed E-state index contributed by atoms with van der Waals surface area (Å²) in [5.41, 5.74) is 1.17. The molecular weight excluding hydrogens is 166 g/mol. The Balaban J connectivity index is 2.72. The number of nitrogens with zero attached hydrogens (tertiary/aromatic N) is 2. The van der Waals surface area contributed by atoms with E-state index in [1.165, 1.54) is 0 Å². The maximum atomic E-state index is 11.4. The lowest BCUT2D eigenvalue weighted by Gasteiger charge is -2.06. The van der Waals surface area contributed by atoms with Crippen LogP contribution in [0.15, 0.2) is 12.1 Å². The lowest BCUT2D eigenvalue weighted by molar-refractivity contribution is 0.0937. The van der Waals surface area contributed by atoms with Crippen molar-refractivity contribution in [2.24, 2.45) is 0 Å². The van der Waals surface area contributed by atoms with Crippen molar-refractivity contribution in [1.82, 2.24) is 15.5 Å². The van der Waals surface area contributed by atoms with Crippen molar-refractivity contribution in [2.75, 3.05) is 0 Å². The molecular formula is C9H13N3O. The van der Waals surface area contributed by atoms with Gasteiger partial charge in [-0.1, -0.05) is 0 Å². The molecule has 0 atom stereocenters. The summed E-state index contributed by atoms with van der Waals surface area (Å²) in [6.45, 7) is 5.64. The predicted molar refractivity (Wildman–Crippen MR) is 49.4 cm³/mol. The number of rotatable bonds is 2. The summed E-state index contributed by atoms with van der Waals surface area (Å²) in [5.74, 6) is -0.178. The highest BCUT2D eigenvalue weighted by Gasteiger charge is 2.07. The Morgan fingerprint density at radius 3 is 2.54 bits per heavy atom.